The molecule has 0 saturated heterocycles. The van der Waals surface area contributed by atoms with Crippen molar-refractivity contribution in [2.75, 3.05) is 4.90 Å². The van der Waals surface area contributed by atoms with Gasteiger partial charge in [0.25, 0.3) is 0 Å². The first kappa shape index (κ1) is 9.47. The molecular formula is C23H23N7. The van der Waals surface area contributed by atoms with E-state index in [4.69, 9.17) is 16.4 Å². The molecule has 7 heteroatoms. The van der Waals surface area contributed by atoms with Gasteiger partial charge >= 0.3 is 0 Å². The van der Waals surface area contributed by atoms with Crippen LogP contribution in [0.2, 0.25) is 0 Å². The Bertz CT molecular complexity index is 1600. The van der Waals surface area contributed by atoms with Crippen molar-refractivity contribution in [2.45, 2.75) is 39.0 Å². The molecule has 0 saturated carbocycles. The second-order valence-electron chi connectivity index (χ2n) is 6.51. The van der Waals surface area contributed by atoms with Gasteiger partial charge in [0, 0.05) is 44.6 Å². The lowest BCUT2D eigenvalue weighted by Crippen LogP contribution is -2.40. The molecule has 4 heterocycles. The fourth-order valence-corrected chi connectivity index (χ4v) is 3.50. The largest absolute Gasteiger partial charge is 0.342 e. The third kappa shape index (κ3) is 2.85. The third-order valence-electron chi connectivity index (χ3n) is 4.84. The van der Waals surface area contributed by atoms with Gasteiger partial charge in [-0.15, -0.1) is 10.2 Å². The fourth-order valence-electron chi connectivity index (χ4n) is 3.50. The van der Waals surface area contributed by atoms with E-state index in [0.29, 0.717) is 16.0 Å². The SMILES string of the molecule is [2H]C([2H])([2H])C([2H])([2H])C1c2nncn2-c2cnc(-c3ccncc3-c3ccccc3)nc2N1C([2H])(C([2H])([2H])[2H])C([2H])([2H])[2H]. The van der Waals surface area contributed by atoms with E-state index in [1.165, 1.54) is 12.4 Å². The van der Waals surface area contributed by atoms with Crippen LogP contribution in [-0.4, -0.2) is 35.7 Å². The number of aromatic nitrogens is 6. The van der Waals surface area contributed by atoms with Crippen molar-refractivity contribution in [3.63, 3.8) is 0 Å². The summed E-state index contributed by atoms with van der Waals surface area (Å²) in [6.45, 7) is -10.7. The fraction of sp³-hybridized carbons (Fsp3) is 0.261. The predicted molar refractivity (Wildman–Crippen MR) is 116 cm³/mol. The van der Waals surface area contributed by atoms with Gasteiger partial charge < -0.3 is 4.90 Å². The zero-order chi connectivity index (χ0) is 30.9. The molecule has 1 aromatic carbocycles. The lowest BCUT2D eigenvalue weighted by Gasteiger charge is -2.39. The van der Waals surface area contributed by atoms with E-state index in [0.717, 1.165) is 16.5 Å². The van der Waals surface area contributed by atoms with Crippen molar-refractivity contribution in [1.82, 2.24) is 29.7 Å². The average molecular weight is 410 g/mol. The normalized spacial score (nSPS) is 23.2. The van der Waals surface area contributed by atoms with E-state index in [1.807, 2.05) is 18.2 Å². The molecule has 7 nitrogen and oxygen atoms in total. The van der Waals surface area contributed by atoms with Crippen LogP contribution in [0.3, 0.4) is 0 Å². The molecule has 5 rings (SSSR count). The van der Waals surface area contributed by atoms with Crippen molar-refractivity contribution in [3.05, 3.63) is 67.1 Å². The van der Waals surface area contributed by atoms with Gasteiger partial charge in [-0.2, -0.15) is 0 Å². The van der Waals surface area contributed by atoms with Gasteiger partial charge in [-0.05, 0) is 31.7 Å². The van der Waals surface area contributed by atoms with E-state index in [9.17, 15) is 0 Å². The molecule has 0 aliphatic carbocycles. The van der Waals surface area contributed by atoms with Crippen LogP contribution in [-0.2, 0) is 0 Å². The summed E-state index contributed by atoms with van der Waals surface area (Å²) < 4.78 is 100. The Kier molecular flexibility index (Phi) is 2.31. The van der Waals surface area contributed by atoms with Gasteiger partial charge in [-0.25, -0.2) is 9.97 Å². The van der Waals surface area contributed by atoms with E-state index in [2.05, 4.69) is 25.1 Å². The van der Waals surface area contributed by atoms with Crippen molar-refractivity contribution >= 4 is 5.82 Å². The molecule has 1 unspecified atom stereocenters. The summed E-state index contributed by atoms with van der Waals surface area (Å²) in [5.41, 5.74) is 1.64. The first-order valence-corrected chi connectivity index (χ1v) is 8.98. The van der Waals surface area contributed by atoms with Crippen LogP contribution in [0.5, 0.6) is 0 Å². The number of hydrogen-bond donors (Lipinski definition) is 0. The Hall–Kier alpha value is -3.61. The molecule has 0 spiro atoms. The highest BCUT2D eigenvalue weighted by Crippen LogP contribution is 2.40. The highest BCUT2D eigenvalue weighted by atomic mass is 15.4. The number of anilines is 1. The molecule has 150 valence electrons. The summed E-state index contributed by atoms with van der Waals surface area (Å²) in [5, 5.41) is 7.60. The third-order valence-corrected chi connectivity index (χ3v) is 4.84. The summed E-state index contributed by atoms with van der Waals surface area (Å²) >= 11 is 0. The molecule has 3 aromatic heterocycles. The average Bonchev–Trinajstić information content (AvgIpc) is 3.40. The first-order chi connectivity index (χ1) is 19.4. The molecular weight excluding hydrogens is 374 g/mol. The second kappa shape index (κ2) is 7.33. The predicted octanol–water partition coefficient (Wildman–Crippen LogP) is 4.47. The first-order valence-electron chi connectivity index (χ1n) is 15.0. The lowest BCUT2D eigenvalue weighted by atomic mass is 10.0. The van der Waals surface area contributed by atoms with Crippen LogP contribution < -0.4 is 4.90 Å². The van der Waals surface area contributed by atoms with Crippen molar-refractivity contribution < 1.29 is 16.4 Å². The Labute approximate surface area is 192 Å². The quantitative estimate of drug-likeness (QED) is 0.495. The molecule has 4 aromatic rings. The molecule has 1 atom stereocenters. The minimum absolute atomic E-state index is 0.0387. The number of benzene rings is 1. The number of rotatable bonds is 4. The van der Waals surface area contributed by atoms with Crippen LogP contribution >= 0.6 is 0 Å². The molecule has 0 amide bonds. The maximum atomic E-state index is 9.03. The number of hydrogen-bond acceptors (Lipinski definition) is 6. The van der Waals surface area contributed by atoms with Gasteiger partial charge in [0.2, 0.25) is 0 Å². The summed E-state index contributed by atoms with van der Waals surface area (Å²) in [4.78, 5) is 13.5. The Morgan fingerprint density at radius 1 is 1.17 bits per heavy atom. The van der Waals surface area contributed by atoms with Crippen molar-refractivity contribution in [1.29, 1.82) is 0 Å². The number of pyridine rings is 1. The van der Waals surface area contributed by atoms with Crippen LogP contribution in [0.4, 0.5) is 5.82 Å². The summed E-state index contributed by atoms with van der Waals surface area (Å²) in [7, 11) is 0. The zero-order valence-corrected chi connectivity index (χ0v) is 15.5. The topological polar surface area (TPSA) is 72.6 Å². The van der Waals surface area contributed by atoms with Gasteiger partial charge in [-0.3, -0.25) is 9.55 Å². The minimum atomic E-state index is -3.63. The molecule has 1 aliphatic heterocycles. The van der Waals surface area contributed by atoms with Gasteiger partial charge in [0.15, 0.2) is 17.5 Å². The standard InChI is InChI=1S/C23H23N7/c1-4-19-23-28-26-14-29(23)20-13-25-21(27-22(20)30(19)15(2)3)17-10-11-24-12-18(17)16-8-6-5-7-9-16/h5-15,19H,4H2,1-3H3/i1D3,2D3,3D3,4D2,15D. The lowest BCUT2D eigenvalue weighted by molar-refractivity contribution is 0.497. The van der Waals surface area contributed by atoms with Crippen LogP contribution in [0.25, 0.3) is 28.2 Å². The van der Waals surface area contributed by atoms with Gasteiger partial charge in [0.05, 0.1) is 13.6 Å². The van der Waals surface area contributed by atoms with E-state index in [-0.39, 0.29) is 11.5 Å². The van der Waals surface area contributed by atoms with Crippen LogP contribution in [0.1, 0.15) is 55.2 Å². The van der Waals surface area contributed by atoms with E-state index in [1.54, 1.807) is 24.4 Å². The minimum Gasteiger partial charge on any atom is -0.342 e. The molecule has 30 heavy (non-hydrogen) atoms. The summed E-state index contributed by atoms with van der Waals surface area (Å²) in [6.07, 6.45) is 2.03. The Balaban J connectivity index is 1.87. The van der Waals surface area contributed by atoms with Gasteiger partial charge in [0.1, 0.15) is 12.0 Å². The number of fused-ring (bicyclic) bond motifs is 3. The second-order valence-corrected chi connectivity index (χ2v) is 6.51. The van der Waals surface area contributed by atoms with E-state index >= 15 is 0 Å². The van der Waals surface area contributed by atoms with Crippen LogP contribution in [0, 0.1) is 0 Å². The summed E-state index contributed by atoms with van der Waals surface area (Å²) in [6, 6.07) is 4.80. The molecule has 1 aliphatic rings. The van der Waals surface area contributed by atoms with Gasteiger partial charge in [-0.1, -0.05) is 37.2 Å². The van der Waals surface area contributed by atoms with E-state index < -0.39 is 50.6 Å². The van der Waals surface area contributed by atoms with Crippen molar-refractivity contribution in [3.8, 4) is 28.2 Å². The molecule has 0 radical (unpaired) electrons. The molecule has 0 fully saturated rings. The Morgan fingerprint density at radius 2 is 2.07 bits per heavy atom. The highest BCUT2D eigenvalue weighted by Gasteiger charge is 2.35. The maximum Gasteiger partial charge on any atom is 0.162 e. The monoisotopic (exact) mass is 409 g/mol. The summed E-state index contributed by atoms with van der Waals surface area (Å²) in [5.74, 6) is -0.967. The zero-order valence-electron chi connectivity index (χ0n) is 27.5. The molecule has 0 bridgehead atoms. The van der Waals surface area contributed by atoms with Crippen molar-refractivity contribution in [2.24, 2.45) is 0 Å². The molecule has 0 N–H and O–H groups in total. The smallest absolute Gasteiger partial charge is 0.162 e. The highest BCUT2D eigenvalue weighted by molar-refractivity contribution is 5.80. The van der Waals surface area contributed by atoms with Crippen LogP contribution in [0.15, 0.2) is 61.3 Å². The maximum absolute atomic E-state index is 9.03. The number of nitrogens with zero attached hydrogens (tertiary/aromatic N) is 7. The Morgan fingerprint density at radius 3 is 2.90 bits per heavy atom.